The van der Waals surface area contributed by atoms with E-state index in [4.69, 9.17) is 0 Å². The first-order valence-corrected chi connectivity index (χ1v) is 9.70. The molecule has 0 saturated carbocycles. The Hall–Kier alpha value is -1.98. The van der Waals surface area contributed by atoms with Crippen molar-refractivity contribution in [3.05, 3.63) is 29.8 Å². The summed E-state index contributed by atoms with van der Waals surface area (Å²) in [6.07, 6.45) is -3.75. The average molecular weight is 431 g/mol. The molecule has 1 amide bonds. The minimum absolute atomic E-state index is 0.202. The van der Waals surface area contributed by atoms with Crippen LogP contribution in [0, 0.1) is 0 Å². The number of rotatable bonds is 3. The molecule has 12 heteroatoms. The van der Waals surface area contributed by atoms with Crippen molar-refractivity contribution in [2.75, 3.05) is 0 Å². The van der Waals surface area contributed by atoms with E-state index in [2.05, 4.69) is 4.18 Å². The number of piperidine rings is 1. The van der Waals surface area contributed by atoms with Gasteiger partial charge in [-0.05, 0) is 49.3 Å². The van der Waals surface area contributed by atoms with Crippen LogP contribution in [0.2, 0.25) is 0 Å². The second-order valence-electron chi connectivity index (χ2n) is 6.82. The molecule has 2 fully saturated rings. The Balaban J connectivity index is 1.78. The maximum absolute atomic E-state index is 12.8. The molecule has 1 aromatic carbocycles. The standard InChI is InChI=1S/C16H15F6NO4S/c17-15(18,19)14(24)23-11-4-5-12(23)7-10(6-11)9-2-1-3-13(8-9)27-28(25,26)16(20,21)22/h1-3,8,10-12H,4-7H2/t10?,11-,12+. The van der Waals surface area contributed by atoms with Gasteiger partial charge in [0.1, 0.15) is 5.75 Å². The van der Waals surface area contributed by atoms with E-state index in [-0.39, 0.29) is 18.8 Å². The highest BCUT2D eigenvalue weighted by molar-refractivity contribution is 7.88. The highest BCUT2D eigenvalue weighted by Gasteiger charge is 2.52. The number of amides is 1. The predicted octanol–water partition coefficient (Wildman–Crippen LogP) is 3.71. The third kappa shape index (κ3) is 3.91. The molecule has 0 spiro atoms. The van der Waals surface area contributed by atoms with Crippen molar-refractivity contribution in [1.82, 2.24) is 4.90 Å². The summed E-state index contributed by atoms with van der Waals surface area (Å²) in [4.78, 5) is 12.5. The molecule has 0 aliphatic carbocycles. The summed E-state index contributed by atoms with van der Waals surface area (Å²) in [7, 11) is -5.82. The van der Waals surface area contributed by atoms with E-state index < -0.39 is 45.5 Å². The molecule has 0 N–H and O–H groups in total. The van der Waals surface area contributed by atoms with Crippen LogP contribution in [-0.2, 0) is 14.9 Å². The minimum atomic E-state index is -5.82. The maximum Gasteiger partial charge on any atom is 0.534 e. The first-order chi connectivity index (χ1) is 12.8. The summed E-state index contributed by atoms with van der Waals surface area (Å²) < 4.78 is 102. The molecular formula is C16H15F6NO4S. The van der Waals surface area contributed by atoms with Gasteiger partial charge in [-0.1, -0.05) is 12.1 Å². The molecule has 0 aromatic heterocycles. The smallest absolute Gasteiger partial charge is 0.376 e. The van der Waals surface area contributed by atoms with Gasteiger partial charge in [-0.25, -0.2) is 0 Å². The summed E-state index contributed by atoms with van der Waals surface area (Å²) in [5.41, 5.74) is -5.13. The van der Waals surface area contributed by atoms with Gasteiger partial charge in [0.05, 0.1) is 0 Å². The minimum Gasteiger partial charge on any atom is -0.376 e. The van der Waals surface area contributed by atoms with Gasteiger partial charge in [-0.3, -0.25) is 4.79 Å². The molecule has 2 aliphatic rings. The number of halogens is 6. The SMILES string of the molecule is O=C(N1[C@@H]2CC[C@H]1CC(c1cccc(OS(=O)(=O)C(F)(F)F)c1)C2)C(F)(F)F. The van der Waals surface area contributed by atoms with Crippen LogP contribution in [0.5, 0.6) is 5.75 Å². The summed E-state index contributed by atoms with van der Waals surface area (Å²) in [6.45, 7) is 0. The summed E-state index contributed by atoms with van der Waals surface area (Å²) in [5, 5.41) is 0. The van der Waals surface area contributed by atoms with Crippen LogP contribution in [0.15, 0.2) is 24.3 Å². The highest BCUT2D eigenvalue weighted by atomic mass is 32.2. The molecule has 1 aromatic rings. The maximum atomic E-state index is 12.8. The van der Waals surface area contributed by atoms with Gasteiger partial charge in [0.15, 0.2) is 0 Å². The molecule has 1 unspecified atom stereocenters. The van der Waals surface area contributed by atoms with Crippen molar-refractivity contribution in [2.45, 2.75) is 55.4 Å². The Labute approximate surface area is 156 Å². The monoisotopic (exact) mass is 431 g/mol. The van der Waals surface area contributed by atoms with Crippen LogP contribution in [0.3, 0.4) is 0 Å². The zero-order chi connectivity index (χ0) is 20.9. The second-order valence-corrected chi connectivity index (χ2v) is 8.36. The third-order valence-electron chi connectivity index (χ3n) is 5.03. The number of hydrogen-bond acceptors (Lipinski definition) is 4. The van der Waals surface area contributed by atoms with Gasteiger partial charge in [0, 0.05) is 12.1 Å². The molecule has 156 valence electrons. The van der Waals surface area contributed by atoms with Crippen molar-refractivity contribution in [2.24, 2.45) is 0 Å². The van der Waals surface area contributed by atoms with Crippen molar-refractivity contribution in [3.8, 4) is 5.75 Å². The Morgan fingerprint density at radius 3 is 2.11 bits per heavy atom. The third-order valence-corrected chi connectivity index (χ3v) is 6.01. The van der Waals surface area contributed by atoms with Crippen LogP contribution in [0.25, 0.3) is 0 Å². The fourth-order valence-corrected chi connectivity index (χ4v) is 4.37. The number of alkyl halides is 6. The largest absolute Gasteiger partial charge is 0.534 e. The number of carbonyl (C=O) groups excluding carboxylic acids is 1. The van der Waals surface area contributed by atoms with Crippen LogP contribution in [0.4, 0.5) is 26.3 Å². The number of hydrogen-bond donors (Lipinski definition) is 0. The van der Waals surface area contributed by atoms with Crippen LogP contribution >= 0.6 is 0 Å². The quantitative estimate of drug-likeness (QED) is 0.416. The van der Waals surface area contributed by atoms with Crippen molar-refractivity contribution in [3.63, 3.8) is 0 Å². The molecule has 5 nitrogen and oxygen atoms in total. The van der Waals surface area contributed by atoms with E-state index in [1.54, 1.807) is 6.07 Å². The molecule has 2 bridgehead atoms. The van der Waals surface area contributed by atoms with Gasteiger partial charge >= 0.3 is 27.7 Å². The van der Waals surface area contributed by atoms with E-state index in [0.29, 0.717) is 18.4 Å². The summed E-state index contributed by atoms with van der Waals surface area (Å²) in [5.74, 6) is -2.74. The second kappa shape index (κ2) is 6.82. The molecule has 2 heterocycles. The molecule has 2 saturated heterocycles. The zero-order valence-electron chi connectivity index (χ0n) is 14.1. The number of carbonyl (C=O) groups is 1. The molecular weight excluding hydrogens is 416 g/mol. The first-order valence-electron chi connectivity index (χ1n) is 8.30. The van der Waals surface area contributed by atoms with E-state index in [1.165, 1.54) is 6.07 Å². The molecule has 28 heavy (non-hydrogen) atoms. The van der Waals surface area contributed by atoms with E-state index in [1.807, 2.05) is 0 Å². The van der Waals surface area contributed by atoms with E-state index in [9.17, 15) is 39.6 Å². The van der Waals surface area contributed by atoms with Crippen LogP contribution < -0.4 is 4.18 Å². The lowest BCUT2D eigenvalue weighted by Crippen LogP contribution is -2.51. The van der Waals surface area contributed by atoms with E-state index >= 15 is 0 Å². The average Bonchev–Trinajstić information content (AvgIpc) is 2.81. The molecule has 0 radical (unpaired) electrons. The number of benzene rings is 1. The van der Waals surface area contributed by atoms with E-state index in [0.717, 1.165) is 17.0 Å². The first kappa shape index (κ1) is 20.7. The van der Waals surface area contributed by atoms with Crippen molar-refractivity contribution in [1.29, 1.82) is 0 Å². The van der Waals surface area contributed by atoms with Gasteiger partial charge in [-0.2, -0.15) is 34.8 Å². The van der Waals surface area contributed by atoms with Crippen molar-refractivity contribution >= 4 is 16.0 Å². The predicted molar refractivity (Wildman–Crippen MR) is 83.7 cm³/mol. The molecule has 3 atom stereocenters. The highest BCUT2D eigenvalue weighted by Crippen LogP contribution is 2.45. The van der Waals surface area contributed by atoms with Gasteiger partial charge < -0.3 is 9.08 Å². The van der Waals surface area contributed by atoms with Gasteiger partial charge in [-0.15, -0.1) is 0 Å². The lowest BCUT2D eigenvalue weighted by molar-refractivity contribution is -0.190. The Kier molecular flexibility index (Phi) is 5.05. The zero-order valence-corrected chi connectivity index (χ0v) is 14.9. The lowest BCUT2D eigenvalue weighted by atomic mass is 9.85. The Morgan fingerprint density at radius 2 is 1.61 bits per heavy atom. The van der Waals surface area contributed by atoms with Crippen molar-refractivity contribution < 1.29 is 43.7 Å². The topological polar surface area (TPSA) is 63.7 Å². The summed E-state index contributed by atoms with van der Waals surface area (Å²) >= 11 is 0. The van der Waals surface area contributed by atoms with Crippen LogP contribution in [-0.4, -0.2) is 43.0 Å². The van der Waals surface area contributed by atoms with Gasteiger partial charge in [0.25, 0.3) is 0 Å². The molecule has 3 rings (SSSR count). The fourth-order valence-electron chi connectivity index (χ4n) is 3.92. The summed E-state index contributed by atoms with van der Waals surface area (Å²) in [6, 6.07) is 3.78. The Bertz CT molecular complexity index is 853. The Morgan fingerprint density at radius 1 is 1.04 bits per heavy atom. The lowest BCUT2D eigenvalue weighted by Gasteiger charge is -2.39. The van der Waals surface area contributed by atoms with Crippen LogP contribution in [0.1, 0.15) is 37.2 Å². The van der Waals surface area contributed by atoms with Gasteiger partial charge in [0.2, 0.25) is 0 Å². The molecule has 2 aliphatic heterocycles. The number of fused-ring (bicyclic) bond motifs is 2. The fraction of sp³-hybridized carbons (Fsp3) is 0.562. The normalized spacial score (nSPS) is 25.6. The number of nitrogens with zero attached hydrogens (tertiary/aromatic N) is 1.